The fraction of sp³-hybridized carbons (Fsp3) is 0.714. The monoisotopic (exact) mass is 282 g/mol. The van der Waals surface area contributed by atoms with Gasteiger partial charge in [0.05, 0.1) is 6.10 Å². The largest absolute Gasteiger partial charge is 0.393 e. The maximum absolute atomic E-state index is 9.54. The number of nitrogens with one attached hydrogen (secondary N) is 2. The van der Waals surface area contributed by atoms with E-state index >= 15 is 0 Å². The Morgan fingerprint density at radius 3 is 2.40 bits per heavy atom. The summed E-state index contributed by atoms with van der Waals surface area (Å²) in [5.41, 5.74) is 0. The minimum atomic E-state index is -0.263. The lowest BCUT2D eigenvalue weighted by atomic mass is 10.2. The van der Waals surface area contributed by atoms with Crippen molar-refractivity contribution >= 4 is 11.6 Å². The van der Waals surface area contributed by atoms with Gasteiger partial charge < -0.3 is 20.5 Å². The average Bonchev–Trinajstić information content (AvgIpc) is 2.45. The first-order chi connectivity index (χ1) is 9.69. The van der Waals surface area contributed by atoms with E-state index in [9.17, 15) is 5.11 Å². The summed E-state index contributed by atoms with van der Waals surface area (Å²) in [6.45, 7) is 6.02. The van der Waals surface area contributed by atoms with Crippen molar-refractivity contribution in [1.29, 1.82) is 0 Å². The molecule has 0 amide bonds. The highest BCUT2D eigenvalue weighted by atomic mass is 16.5. The van der Waals surface area contributed by atoms with Crippen molar-refractivity contribution in [3.63, 3.8) is 0 Å². The highest BCUT2D eigenvalue weighted by Crippen LogP contribution is 2.12. The Bertz CT molecular complexity index is 387. The van der Waals surface area contributed by atoms with E-state index in [4.69, 9.17) is 4.74 Å². The highest BCUT2D eigenvalue weighted by Gasteiger charge is 2.05. The van der Waals surface area contributed by atoms with E-state index in [2.05, 4.69) is 27.5 Å². The van der Waals surface area contributed by atoms with Gasteiger partial charge in [0.2, 0.25) is 0 Å². The van der Waals surface area contributed by atoms with Crippen molar-refractivity contribution in [2.24, 2.45) is 0 Å². The number of hydrogen-bond acceptors (Lipinski definition) is 6. The Labute approximate surface area is 121 Å². The van der Waals surface area contributed by atoms with Gasteiger partial charge in [0.1, 0.15) is 18.2 Å². The number of hydrogen-bond donors (Lipinski definition) is 3. The zero-order valence-corrected chi connectivity index (χ0v) is 12.6. The van der Waals surface area contributed by atoms with E-state index < -0.39 is 0 Å². The minimum absolute atomic E-state index is 0.263. The van der Waals surface area contributed by atoms with Crippen LogP contribution in [0, 0.1) is 0 Å². The topological polar surface area (TPSA) is 79.3 Å². The van der Waals surface area contributed by atoms with Crippen molar-refractivity contribution in [2.75, 3.05) is 30.8 Å². The molecule has 6 heteroatoms. The van der Waals surface area contributed by atoms with E-state index in [1.807, 2.05) is 13.0 Å². The molecule has 0 aliphatic heterocycles. The second-order valence-corrected chi connectivity index (χ2v) is 4.69. The number of aliphatic hydroxyl groups is 1. The minimum Gasteiger partial charge on any atom is -0.393 e. The van der Waals surface area contributed by atoms with Gasteiger partial charge in [0, 0.05) is 26.3 Å². The number of aliphatic hydroxyl groups excluding tert-OH is 1. The van der Waals surface area contributed by atoms with Gasteiger partial charge in [-0.3, -0.25) is 0 Å². The first-order valence-corrected chi connectivity index (χ1v) is 7.22. The fourth-order valence-corrected chi connectivity index (χ4v) is 1.70. The standard InChI is InChI=1S/C14H26N4O2/c1-4-7-15-12-9-13(16-8-6-11(19)5-2)18-14(17-12)10-20-3/h9,11,19H,4-8,10H2,1-3H3,(H2,15,16,17,18). The molecular formula is C14H26N4O2. The predicted octanol–water partition coefficient (Wildman–Crippen LogP) is 2.02. The number of aromatic nitrogens is 2. The van der Waals surface area contributed by atoms with Gasteiger partial charge in [-0.1, -0.05) is 13.8 Å². The molecular weight excluding hydrogens is 256 g/mol. The first kappa shape index (κ1) is 16.7. The first-order valence-electron chi connectivity index (χ1n) is 7.22. The Kier molecular flexibility index (Phi) is 7.91. The quantitative estimate of drug-likeness (QED) is 0.609. The van der Waals surface area contributed by atoms with Gasteiger partial charge >= 0.3 is 0 Å². The zero-order chi connectivity index (χ0) is 14.8. The Hall–Kier alpha value is -1.40. The summed E-state index contributed by atoms with van der Waals surface area (Å²) >= 11 is 0. The van der Waals surface area contributed by atoms with E-state index in [1.165, 1.54) is 0 Å². The normalized spacial score (nSPS) is 12.2. The number of rotatable bonds is 10. The summed E-state index contributed by atoms with van der Waals surface area (Å²) in [6.07, 6.45) is 2.25. The van der Waals surface area contributed by atoms with Gasteiger partial charge in [-0.15, -0.1) is 0 Å². The van der Waals surface area contributed by atoms with Crippen LogP contribution < -0.4 is 10.6 Å². The zero-order valence-electron chi connectivity index (χ0n) is 12.6. The van der Waals surface area contributed by atoms with Gasteiger partial charge in [0.25, 0.3) is 0 Å². The highest BCUT2D eigenvalue weighted by molar-refractivity contribution is 5.47. The lowest BCUT2D eigenvalue weighted by Gasteiger charge is -2.12. The summed E-state index contributed by atoms with van der Waals surface area (Å²) in [6, 6.07) is 1.88. The molecule has 0 aliphatic carbocycles. The molecule has 1 heterocycles. The molecule has 0 aromatic carbocycles. The molecule has 114 valence electrons. The van der Waals surface area contributed by atoms with Gasteiger partial charge in [0.15, 0.2) is 5.82 Å². The molecule has 1 atom stereocenters. The van der Waals surface area contributed by atoms with Crippen LogP contribution in [0.4, 0.5) is 11.6 Å². The van der Waals surface area contributed by atoms with Crippen LogP contribution in [0.25, 0.3) is 0 Å². The molecule has 6 nitrogen and oxygen atoms in total. The number of nitrogens with zero attached hydrogens (tertiary/aromatic N) is 2. The van der Waals surface area contributed by atoms with Crippen LogP contribution in [0.3, 0.4) is 0 Å². The van der Waals surface area contributed by atoms with Crippen LogP contribution in [0.2, 0.25) is 0 Å². The SMILES string of the molecule is CCCNc1cc(NCCC(O)CC)nc(COC)n1. The molecule has 3 N–H and O–H groups in total. The Balaban J connectivity index is 2.64. The fourth-order valence-electron chi connectivity index (χ4n) is 1.70. The van der Waals surface area contributed by atoms with E-state index in [1.54, 1.807) is 7.11 Å². The average molecular weight is 282 g/mol. The molecule has 1 unspecified atom stereocenters. The number of anilines is 2. The number of methoxy groups -OCH3 is 1. The maximum atomic E-state index is 9.54. The predicted molar refractivity (Wildman–Crippen MR) is 80.9 cm³/mol. The molecule has 1 aromatic rings. The van der Waals surface area contributed by atoms with Gasteiger partial charge in [-0.2, -0.15) is 0 Å². The second kappa shape index (κ2) is 9.50. The Morgan fingerprint density at radius 1 is 1.20 bits per heavy atom. The summed E-state index contributed by atoms with van der Waals surface area (Å²) in [4.78, 5) is 8.77. The van der Waals surface area contributed by atoms with Crippen LogP contribution in [0.1, 0.15) is 38.9 Å². The van der Waals surface area contributed by atoms with Crippen LogP contribution in [0.15, 0.2) is 6.07 Å². The molecule has 1 aromatic heterocycles. The van der Waals surface area contributed by atoms with Crippen LogP contribution in [0.5, 0.6) is 0 Å². The van der Waals surface area contributed by atoms with E-state index in [0.717, 1.165) is 31.0 Å². The summed E-state index contributed by atoms with van der Waals surface area (Å²) in [5, 5.41) is 16.0. The molecule has 0 fully saturated rings. The molecule has 0 bridgehead atoms. The lowest BCUT2D eigenvalue weighted by molar-refractivity contribution is 0.164. The molecule has 20 heavy (non-hydrogen) atoms. The molecule has 1 rings (SSSR count). The summed E-state index contributed by atoms with van der Waals surface area (Å²) in [7, 11) is 1.63. The second-order valence-electron chi connectivity index (χ2n) is 4.69. The van der Waals surface area contributed by atoms with Crippen LogP contribution in [-0.2, 0) is 11.3 Å². The molecule has 0 saturated heterocycles. The smallest absolute Gasteiger partial charge is 0.158 e. The maximum Gasteiger partial charge on any atom is 0.158 e. The molecule has 0 saturated carbocycles. The summed E-state index contributed by atoms with van der Waals surface area (Å²) < 4.78 is 5.08. The molecule has 0 aliphatic rings. The number of ether oxygens (including phenoxy) is 1. The van der Waals surface area contributed by atoms with Crippen molar-refractivity contribution in [2.45, 2.75) is 45.8 Å². The van der Waals surface area contributed by atoms with Crippen molar-refractivity contribution in [1.82, 2.24) is 9.97 Å². The van der Waals surface area contributed by atoms with Crippen LogP contribution in [-0.4, -0.2) is 41.4 Å². The Morgan fingerprint density at radius 2 is 1.85 bits per heavy atom. The van der Waals surface area contributed by atoms with Crippen molar-refractivity contribution in [3.05, 3.63) is 11.9 Å². The van der Waals surface area contributed by atoms with E-state index in [-0.39, 0.29) is 6.10 Å². The van der Waals surface area contributed by atoms with E-state index in [0.29, 0.717) is 25.4 Å². The third-order valence-corrected chi connectivity index (χ3v) is 2.86. The lowest BCUT2D eigenvalue weighted by Crippen LogP contribution is -2.14. The van der Waals surface area contributed by atoms with Gasteiger partial charge in [-0.25, -0.2) is 9.97 Å². The van der Waals surface area contributed by atoms with Gasteiger partial charge in [-0.05, 0) is 19.3 Å². The molecule has 0 radical (unpaired) electrons. The third-order valence-electron chi connectivity index (χ3n) is 2.86. The molecule has 0 spiro atoms. The van der Waals surface area contributed by atoms with Crippen molar-refractivity contribution in [3.8, 4) is 0 Å². The third kappa shape index (κ3) is 6.16. The van der Waals surface area contributed by atoms with Crippen molar-refractivity contribution < 1.29 is 9.84 Å². The van der Waals surface area contributed by atoms with Crippen LogP contribution >= 0.6 is 0 Å². The summed E-state index contributed by atoms with van der Waals surface area (Å²) in [5.74, 6) is 2.20.